The fourth-order valence-electron chi connectivity index (χ4n) is 2.29. The Labute approximate surface area is 101 Å². The number of benzene rings is 1. The molecule has 0 spiro atoms. The largest absolute Gasteiger partial charge is 0.289 e. The van der Waals surface area contributed by atoms with Gasteiger partial charge in [0.05, 0.1) is 0 Å². The minimum absolute atomic E-state index is 0.0293. The molecule has 1 aromatic carbocycles. The van der Waals surface area contributed by atoms with Gasteiger partial charge in [-0.25, -0.2) is 0 Å². The highest BCUT2D eigenvalue weighted by molar-refractivity contribution is 6.25. The molecule has 0 N–H and O–H groups in total. The van der Waals surface area contributed by atoms with Crippen LogP contribution in [-0.4, -0.2) is 11.6 Å². The Kier molecular flexibility index (Phi) is 3.23. The lowest BCUT2D eigenvalue weighted by molar-refractivity contribution is 0.0980. The van der Waals surface area contributed by atoms with Crippen LogP contribution in [0.1, 0.15) is 53.0 Å². The number of hydrogen-bond donors (Lipinski definition) is 0. The van der Waals surface area contributed by atoms with E-state index in [4.69, 9.17) is 0 Å². The van der Waals surface area contributed by atoms with E-state index in [1.165, 1.54) is 6.08 Å². The van der Waals surface area contributed by atoms with Crippen LogP contribution in [-0.2, 0) is 6.42 Å². The third-order valence-corrected chi connectivity index (χ3v) is 3.14. The van der Waals surface area contributed by atoms with Gasteiger partial charge in [-0.05, 0) is 24.5 Å². The van der Waals surface area contributed by atoms with E-state index in [1.807, 2.05) is 26.0 Å². The molecule has 2 nitrogen and oxygen atoms in total. The van der Waals surface area contributed by atoms with E-state index in [-0.39, 0.29) is 11.6 Å². The summed E-state index contributed by atoms with van der Waals surface area (Å²) in [5, 5.41) is 0. The van der Waals surface area contributed by atoms with Crippen molar-refractivity contribution in [2.24, 2.45) is 0 Å². The molecule has 0 fully saturated rings. The van der Waals surface area contributed by atoms with E-state index in [1.54, 1.807) is 6.07 Å². The van der Waals surface area contributed by atoms with Crippen LogP contribution in [0.3, 0.4) is 0 Å². The molecule has 0 aliphatic heterocycles. The summed E-state index contributed by atoms with van der Waals surface area (Å²) in [6.45, 7) is 4.02. The molecule has 0 amide bonds. The summed E-state index contributed by atoms with van der Waals surface area (Å²) in [6, 6.07) is 5.52. The van der Waals surface area contributed by atoms with E-state index < -0.39 is 0 Å². The Bertz CT molecular complexity index is 510. The Morgan fingerprint density at radius 2 is 1.88 bits per heavy atom. The summed E-state index contributed by atoms with van der Waals surface area (Å²) in [5.41, 5.74) is 2.83. The van der Waals surface area contributed by atoms with Crippen LogP contribution in [0.4, 0.5) is 0 Å². The van der Waals surface area contributed by atoms with Gasteiger partial charge < -0.3 is 0 Å². The highest BCUT2D eigenvalue weighted by Crippen LogP contribution is 2.26. The summed E-state index contributed by atoms with van der Waals surface area (Å²) in [4.78, 5) is 24.3. The molecule has 0 saturated heterocycles. The highest BCUT2D eigenvalue weighted by Gasteiger charge is 2.26. The molecule has 2 rings (SSSR count). The van der Waals surface area contributed by atoms with E-state index >= 15 is 0 Å². The van der Waals surface area contributed by atoms with Crippen LogP contribution < -0.4 is 0 Å². The molecule has 1 aliphatic carbocycles. The second kappa shape index (κ2) is 4.66. The summed E-state index contributed by atoms with van der Waals surface area (Å²) >= 11 is 0. The molecule has 1 aliphatic rings. The molecule has 0 bridgehead atoms. The van der Waals surface area contributed by atoms with Crippen molar-refractivity contribution < 1.29 is 9.59 Å². The number of aryl methyl sites for hydroxylation is 1. The molecular weight excluding hydrogens is 212 g/mol. The van der Waals surface area contributed by atoms with E-state index in [9.17, 15) is 9.59 Å². The fraction of sp³-hybridized carbons (Fsp3) is 0.333. The highest BCUT2D eigenvalue weighted by atomic mass is 16.1. The van der Waals surface area contributed by atoms with Gasteiger partial charge in [0.2, 0.25) is 0 Å². The van der Waals surface area contributed by atoms with Gasteiger partial charge in [-0.15, -0.1) is 0 Å². The molecule has 88 valence electrons. The maximum Gasteiger partial charge on any atom is 0.190 e. The number of carbonyl (C=O) groups is 2. The van der Waals surface area contributed by atoms with E-state index in [2.05, 4.69) is 0 Å². The predicted octanol–water partition coefficient (Wildman–Crippen LogP) is 3.35. The molecule has 0 heterocycles. The molecule has 0 aromatic heterocycles. The van der Waals surface area contributed by atoms with Crippen molar-refractivity contribution in [1.82, 2.24) is 0 Å². The SMILES string of the molecule is CCCC1=CC(=O)c2cccc(CC)c2C1=O. The summed E-state index contributed by atoms with van der Waals surface area (Å²) < 4.78 is 0. The summed E-state index contributed by atoms with van der Waals surface area (Å²) in [6.07, 6.45) is 3.85. The topological polar surface area (TPSA) is 34.1 Å². The standard InChI is InChI=1S/C15H16O2/c1-3-6-11-9-13(16)12-8-5-7-10(4-2)14(12)15(11)17/h5,7-9H,3-4,6H2,1-2H3. The Morgan fingerprint density at radius 1 is 1.12 bits per heavy atom. The molecule has 0 saturated carbocycles. The van der Waals surface area contributed by atoms with Crippen molar-refractivity contribution in [1.29, 1.82) is 0 Å². The molecule has 2 heteroatoms. The Morgan fingerprint density at radius 3 is 2.53 bits per heavy atom. The minimum atomic E-state index is -0.0293. The lowest BCUT2D eigenvalue weighted by Gasteiger charge is -2.17. The normalized spacial score (nSPS) is 14.6. The monoisotopic (exact) mass is 228 g/mol. The molecular formula is C15H16O2. The maximum atomic E-state index is 12.3. The van der Waals surface area contributed by atoms with Crippen molar-refractivity contribution >= 4 is 11.6 Å². The first-order valence-corrected chi connectivity index (χ1v) is 6.10. The molecule has 0 unspecified atom stereocenters. The average molecular weight is 228 g/mol. The van der Waals surface area contributed by atoms with Gasteiger partial charge in [-0.1, -0.05) is 38.5 Å². The first-order chi connectivity index (χ1) is 8.19. The van der Waals surface area contributed by atoms with E-state index in [0.29, 0.717) is 23.1 Å². The second-order valence-electron chi connectivity index (χ2n) is 4.31. The zero-order valence-electron chi connectivity index (χ0n) is 10.2. The summed E-state index contributed by atoms with van der Waals surface area (Å²) in [5.74, 6) is 0.0113. The molecule has 1 aromatic rings. The first kappa shape index (κ1) is 11.8. The number of rotatable bonds is 3. The lowest BCUT2D eigenvalue weighted by Crippen LogP contribution is -2.19. The van der Waals surface area contributed by atoms with Crippen molar-refractivity contribution in [2.45, 2.75) is 33.1 Å². The first-order valence-electron chi connectivity index (χ1n) is 6.10. The summed E-state index contributed by atoms with van der Waals surface area (Å²) in [7, 11) is 0. The maximum absolute atomic E-state index is 12.3. The molecule has 0 atom stereocenters. The van der Waals surface area contributed by atoms with Crippen molar-refractivity contribution in [3.05, 3.63) is 46.5 Å². The zero-order valence-corrected chi connectivity index (χ0v) is 10.2. The van der Waals surface area contributed by atoms with Gasteiger partial charge in [0.1, 0.15) is 0 Å². The van der Waals surface area contributed by atoms with Gasteiger partial charge in [-0.2, -0.15) is 0 Å². The lowest BCUT2D eigenvalue weighted by atomic mass is 9.84. The Balaban J connectivity index is 2.57. The van der Waals surface area contributed by atoms with E-state index in [0.717, 1.165) is 18.4 Å². The average Bonchev–Trinajstić information content (AvgIpc) is 2.35. The molecule has 17 heavy (non-hydrogen) atoms. The van der Waals surface area contributed by atoms with Crippen molar-refractivity contribution in [3.63, 3.8) is 0 Å². The van der Waals surface area contributed by atoms with Crippen LogP contribution in [0.25, 0.3) is 0 Å². The quantitative estimate of drug-likeness (QED) is 0.795. The van der Waals surface area contributed by atoms with Gasteiger partial charge in [0, 0.05) is 16.7 Å². The van der Waals surface area contributed by atoms with Crippen molar-refractivity contribution in [2.75, 3.05) is 0 Å². The number of fused-ring (bicyclic) bond motifs is 1. The second-order valence-corrected chi connectivity index (χ2v) is 4.31. The van der Waals surface area contributed by atoms with Crippen LogP contribution in [0.2, 0.25) is 0 Å². The fourth-order valence-corrected chi connectivity index (χ4v) is 2.29. The number of carbonyl (C=O) groups excluding carboxylic acids is 2. The van der Waals surface area contributed by atoms with Gasteiger partial charge >= 0.3 is 0 Å². The number of ketones is 2. The van der Waals surface area contributed by atoms with Crippen LogP contribution >= 0.6 is 0 Å². The molecule has 0 radical (unpaired) electrons. The smallest absolute Gasteiger partial charge is 0.190 e. The van der Waals surface area contributed by atoms with Crippen LogP contribution in [0.5, 0.6) is 0 Å². The third-order valence-electron chi connectivity index (χ3n) is 3.14. The van der Waals surface area contributed by atoms with Gasteiger partial charge in [0.25, 0.3) is 0 Å². The van der Waals surface area contributed by atoms with Crippen LogP contribution in [0, 0.1) is 0 Å². The minimum Gasteiger partial charge on any atom is -0.289 e. The Hall–Kier alpha value is -1.70. The zero-order chi connectivity index (χ0) is 12.4. The van der Waals surface area contributed by atoms with Crippen molar-refractivity contribution in [3.8, 4) is 0 Å². The van der Waals surface area contributed by atoms with Crippen LogP contribution in [0.15, 0.2) is 29.8 Å². The number of allylic oxidation sites excluding steroid dienone is 2. The predicted molar refractivity (Wildman–Crippen MR) is 67.5 cm³/mol. The third kappa shape index (κ3) is 1.95. The van der Waals surface area contributed by atoms with Gasteiger partial charge in [-0.3, -0.25) is 9.59 Å². The number of Topliss-reactive ketones (excluding diaryl/α,β-unsaturated/α-hetero) is 1. The number of hydrogen-bond acceptors (Lipinski definition) is 2. The van der Waals surface area contributed by atoms with Gasteiger partial charge in [0.15, 0.2) is 11.6 Å².